The summed E-state index contributed by atoms with van der Waals surface area (Å²) in [7, 11) is 0. The van der Waals surface area contributed by atoms with Gasteiger partial charge in [-0.3, -0.25) is 0 Å². The van der Waals surface area contributed by atoms with E-state index in [9.17, 15) is 0 Å². The van der Waals surface area contributed by atoms with Crippen LogP contribution in [0.5, 0.6) is 0 Å². The van der Waals surface area contributed by atoms with Crippen molar-refractivity contribution in [3.63, 3.8) is 0 Å². The van der Waals surface area contributed by atoms with Gasteiger partial charge in [-0.2, -0.15) is 0 Å². The van der Waals surface area contributed by atoms with Crippen LogP contribution >= 0.6 is 11.6 Å². The van der Waals surface area contributed by atoms with Gasteiger partial charge in [0, 0.05) is 38.0 Å². The average molecular weight is 441 g/mol. The summed E-state index contributed by atoms with van der Waals surface area (Å²) < 4.78 is 4.78. The van der Waals surface area contributed by atoms with Gasteiger partial charge in [0.05, 0.1) is 32.6 Å². The van der Waals surface area contributed by atoms with Crippen molar-refractivity contribution in [2.45, 2.75) is 0 Å². The summed E-state index contributed by atoms with van der Waals surface area (Å²) in [6.07, 6.45) is 0. The van der Waals surface area contributed by atoms with Crippen molar-refractivity contribution in [1.82, 2.24) is 8.97 Å². The fourth-order valence-corrected chi connectivity index (χ4v) is 6.16. The summed E-state index contributed by atoms with van der Waals surface area (Å²) >= 11 is 6.68. The van der Waals surface area contributed by atoms with Crippen LogP contribution in [0, 0.1) is 0 Å². The molecule has 0 radical (unpaired) electrons. The van der Waals surface area contributed by atoms with Crippen molar-refractivity contribution in [3.8, 4) is 5.69 Å². The van der Waals surface area contributed by atoms with Gasteiger partial charge in [-0.05, 0) is 42.5 Å². The van der Waals surface area contributed by atoms with Crippen LogP contribution in [0.3, 0.4) is 0 Å². The van der Waals surface area contributed by atoms with Crippen LogP contribution in [-0.2, 0) is 0 Å². The highest BCUT2D eigenvalue weighted by molar-refractivity contribution is 6.40. The van der Waals surface area contributed by atoms with Gasteiger partial charge in [-0.1, -0.05) is 72.3 Å². The number of aromatic nitrogens is 2. The molecule has 0 spiro atoms. The van der Waals surface area contributed by atoms with Crippen molar-refractivity contribution in [2.24, 2.45) is 0 Å². The number of nitrogens with zero attached hydrogens (tertiary/aromatic N) is 2. The van der Waals surface area contributed by atoms with Gasteiger partial charge in [-0.15, -0.1) is 0 Å². The first kappa shape index (κ1) is 17.5. The third-order valence-corrected chi connectivity index (χ3v) is 7.42. The average Bonchev–Trinajstić information content (AvgIpc) is 3.49. The second-order valence-electron chi connectivity index (χ2n) is 8.71. The van der Waals surface area contributed by atoms with E-state index in [1.807, 2.05) is 12.1 Å². The Morgan fingerprint density at radius 1 is 0.455 bits per heavy atom. The molecule has 8 rings (SSSR count). The number of rotatable bonds is 1. The molecule has 0 fully saturated rings. The van der Waals surface area contributed by atoms with Crippen molar-refractivity contribution in [1.29, 1.82) is 0 Å². The molecule has 0 saturated carbocycles. The molecule has 154 valence electrons. The standard InChI is InChI=1S/C30H17ClN2/c31-22-13-7-15-24-27(22)20-11-6-12-21-29-26(33(24)30(20)21)17-16-25-28(29)19-10-4-5-14-23(19)32(25)18-8-2-1-3-9-18/h1-17H. The van der Waals surface area contributed by atoms with Gasteiger partial charge in [-0.25, -0.2) is 0 Å². The molecular formula is C30H17ClN2. The van der Waals surface area contributed by atoms with E-state index in [4.69, 9.17) is 11.6 Å². The number of benzene rings is 5. The highest BCUT2D eigenvalue weighted by Crippen LogP contribution is 2.45. The van der Waals surface area contributed by atoms with E-state index in [1.165, 1.54) is 54.7 Å². The summed E-state index contributed by atoms with van der Waals surface area (Å²) in [5.74, 6) is 0. The number of fused-ring (bicyclic) bond motifs is 10. The fraction of sp³-hybridized carbons (Fsp3) is 0. The van der Waals surface area contributed by atoms with E-state index in [0.29, 0.717) is 0 Å². The van der Waals surface area contributed by atoms with Crippen LogP contribution in [0.2, 0.25) is 5.02 Å². The Labute approximate surface area is 194 Å². The molecule has 0 amide bonds. The summed E-state index contributed by atoms with van der Waals surface area (Å²) in [6, 6.07) is 36.7. The first-order valence-corrected chi connectivity index (χ1v) is 11.5. The van der Waals surface area contributed by atoms with E-state index in [0.717, 1.165) is 15.9 Å². The van der Waals surface area contributed by atoms with E-state index in [1.54, 1.807) is 0 Å². The van der Waals surface area contributed by atoms with Crippen molar-refractivity contribution in [3.05, 3.63) is 108 Å². The molecule has 3 heteroatoms. The van der Waals surface area contributed by atoms with Crippen LogP contribution in [0.4, 0.5) is 0 Å². The normalized spacial score (nSPS) is 12.4. The van der Waals surface area contributed by atoms with E-state index in [2.05, 4.69) is 100.0 Å². The molecule has 0 N–H and O–H groups in total. The maximum atomic E-state index is 6.68. The van der Waals surface area contributed by atoms with Crippen LogP contribution in [0.15, 0.2) is 103 Å². The van der Waals surface area contributed by atoms with E-state index >= 15 is 0 Å². The van der Waals surface area contributed by atoms with Crippen LogP contribution in [-0.4, -0.2) is 8.97 Å². The Morgan fingerprint density at radius 2 is 1.06 bits per heavy atom. The molecule has 0 aliphatic heterocycles. The lowest BCUT2D eigenvalue weighted by atomic mass is 10.0. The second kappa shape index (κ2) is 6.06. The molecule has 8 aromatic rings. The third kappa shape index (κ3) is 2.05. The van der Waals surface area contributed by atoms with Crippen molar-refractivity contribution in [2.75, 3.05) is 0 Å². The number of para-hydroxylation sites is 3. The van der Waals surface area contributed by atoms with E-state index in [-0.39, 0.29) is 0 Å². The van der Waals surface area contributed by atoms with E-state index < -0.39 is 0 Å². The topological polar surface area (TPSA) is 9.34 Å². The second-order valence-corrected chi connectivity index (χ2v) is 9.12. The molecule has 0 aliphatic rings. The van der Waals surface area contributed by atoms with Gasteiger partial charge in [0.2, 0.25) is 0 Å². The molecule has 33 heavy (non-hydrogen) atoms. The maximum absolute atomic E-state index is 6.68. The molecule has 0 atom stereocenters. The molecular weight excluding hydrogens is 424 g/mol. The molecule has 5 aromatic carbocycles. The lowest BCUT2D eigenvalue weighted by molar-refractivity contribution is 1.18. The zero-order valence-electron chi connectivity index (χ0n) is 17.6. The molecule has 2 nitrogen and oxygen atoms in total. The summed E-state index contributed by atoms with van der Waals surface area (Å²) in [5, 5.41) is 8.31. The van der Waals surface area contributed by atoms with Gasteiger partial charge in [0.15, 0.2) is 0 Å². The maximum Gasteiger partial charge on any atom is 0.0621 e. The number of hydrogen-bond donors (Lipinski definition) is 0. The summed E-state index contributed by atoms with van der Waals surface area (Å²) in [4.78, 5) is 0. The molecule has 0 unspecified atom stereocenters. The predicted octanol–water partition coefficient (Wildman–Crippen LogP) is 8.59. The quantitative estimate of drug-likeness (QED) is 0.242. The van der Waals surface area contributed by atoms with Crippen LogP contribution in [0.25, 0.3) is 65.6 Å². The zero-order valence-corrected chi connectivity index (χ0v) is 18.3. The Hall–Kier alpha value is -4.01. The minimum absolute atomic E-state index is 0.804. The van der Waals surface area contributed by atoms with Gasteiger partial charge < -0.3 is 8.97 Å². The van der Waals surface area contributed by atoms with Crippen molar-refractivity contribution >= 4 is 71.5 Å². The first-order chi connectivity index (χ1) is 16.3. The molecule has 3 heterocycles. The smallest absolute Gasteiger partial charge is 0.0621 e. The fourth-order valence-electron chi connectivity index (χ4n) is 5.89. The first-order valence-electron chi connectivity index (χ1n) is 11.2. The summed E-state index contributed by atoms with van der Waals surface area (Å²) in [6.45, 7) is 0. The van der Waals surface area contributed by atoms with Gasteiger partial charge in [0.1, 0.15) is 0 Å². The molecule has 3 aromatic heterocycles. The summed E-state index contributed by atoms with van der Waals surface area (Å²) in [5.41, 5.74) is 7.27. The van der Waals surface area contributed by atoms with Crippen LogP contribution < -0.4 is 0 Å². The minimum Gasteiger partial charge on any atom is -0.309 e. The van der Waals surface area contributed by atoms with Gasteiger partial charge in [0.25, 0.3) is 0 Å². The third-order valence-electron chi connectivity index (χ3n) is 7.10. The number of halogens is 1. The Morgan fingerprint density at radius 3 is 1.94 bits per heavy atom. The minimum atomic E-state index is 0.804. The Balaban J connectivity index is 1.69. The molecule has 0 bridgehead atoms. The Bertz CT molecular complexity index is 2030. The zero-order chi connectivity index (χ0) is 21.7. The largest absolute Gasteiger partial charge is 0.309 e. The monoisotopic (exact) mass is 440 g/mol. The highest BCUT2D eigenvalue weighted by Gasteiger charge is 2.22. The van der Waals surface area contributed by atoms with Crippen LogP contribution in [0.1, 0.15) is 0 Å². The predicted molar refractivity (Wildman–Crippen MR) is 140 cm³/mol. The molecule has 0 aliphatic carbocycles. The van der Waals surface area contributed by atoms with Crippen molar-refractivity contribution < 1.29 is 0 Å². The number of hydrogen-bond acceptors (Lipinski definition) is 0. The molecule has 0 saturated heterocycles. The Kier molecular flexibility index (Phi) is 3.22. The lowest BCUT2D eigenvalue weighted by Crippen LogP contribution is -1.92. The lowest BCUT2D eigenvalue weighted by Gasteiger charge is -2.07. The SMILES string of the molecule is Clc1cccc2c1c1cccc3c4c5c6ccccc6n(-c6ccccc6)c5ccc4n2c13. The highest BCUT2D eigenvalue weighted by atomic mass is 35.5. The van der Waals surface area contributed by atoms with Gasteiger partial charge >= 0.3 is 0 Å².